The maximum absolute atomic E-state index is 12.4. The van der Waals surface area contributed by atoms with Crippen molar-refractivity contribution >= 4 is 37.8 Å². The van der Waals surface area contributed by atoms with Crippen LogP contribution in [0.2, 0.25) is 0 Å². The molecule has 2 heterocycles. The average Bonchev–Trinajstić information content (AvgIpc) is 2.70. The van der Waals surface area contributed by atoms with Crippen LogP contribution in [0.1, 0.15) is 17.5 Å². The summed E-state index contributed by atoms with van der Waals surface area (Å²) in [7, 11) is -3.62. The summed E-state index contributed by atoms with van der Waals surface area (Å²) in [6.07, 6.45) is 3.52. The van der Waals surface area contributed by atoms with Crippen molar-refractivity contribution in [2.75, 3.05) is 37.6 Å². The summed E-state index contributed by atoms with van der Waals surface area (Å²) in [5.74, 6) is 0.575. The van der Waals surface area contributed by atoms with Gasteiger partial charge in [0.25, 0.3) is 0 Å². The molecule has 1 N–H and O–H groups in total. The average molecular weight is 482 g/mol. The van der Waals surface area contributed by atoms with E-state index in [1.807, 2.05) is 18.7 Å². The highest BCUT2D eigenvalue weighted by molar-refractivity contribution is 9.10. The monoisotopic (exact) mass is 481 g/mol. The summed E-state index contributed by atoms with van der Waals surface area (Å²) in [5.41, 5.74) is 1.95. The van der Waals surface area contributed by atoms with Crippen LogP contribution in [-0.4, -0.2) is 61.9 Å². The molecule has 1 saturated heterocycles. The van der Waals surface area contributed by atoms with E-state index in [2.05, 4.69) is 30.6 Å². The Hall–Kier alpha value is -2.04. The molecule has 0 saturated carbocycles. The molecule has 0 radical (unpaired) electrons. The summed E-state index contributed by atoms with van der Waals surface area (Å²) >= 11 is 3.31. The maximum Gasteiger partial charge on any atom is 0.240 e. The number of anilines is 1. The van der Waals surface area contributed by atoms with Gasteiger partial charge in [0.1, 0.15) is 0 Å². The van der Waals surface area contributed by atoms with Crippen molar-refractivity contribution in [2.45, 2.75) is 25.2 Å². The third kappa shape index (κ3) is 5.52. The van der Waals surface area contributed by atoms with Crippen molar-refractivity contribution in [3.63, 3.8) is 0 Å². The van der Waals surface area contributed by atoms with Crippen LogP contribution in [0, 0.1) is 13.8 Å². The summed E-state index contributed by atoms with van der Waals surface area (Å²) in [6, 6.07) is 5.00. The molecule has 8 nitrogen and oxygen atoms in total. The van der Waals surface area contributed by atoms with Crippen molar-refractivity contribution in [3.05, 3.63) is 46.2 Å². The summed E-state index contributed by atoms with van der Waals surface area (Å²) < 4.78 is 28.2. The molecule has 0 aliphatic carbocycles. The number of rotatable bonds is 6. The number of hydrogen-bond donors (Lipinski definition) is 1. The molecule has 3 rings (SSSR count). The molecule has 1 aromatic heterocycles. The van der Waals surface area contributed by atoms with Crippen LogP contribution < -0.4 is 9.62 Å². The molecule has 0 unspecified atom stereocenters. The van der Waals surface area contributed by atoms with Gasteiger partial charge in [0.05, 0.1) is 9.37 Å². The predicted octanol–water partition coefficient (Wildman–Crippen LogP) is 1.87. The normalized spacial score (nSPS) is 14.9. The number of nitrogens with one attached hydrogen (secondary N) is 1. The second kappa shape index (κ2) is 9.19. The number of hydrogen-bond acceptors (Lipinski definition) is 6. The van der Waals surface area contributed by atoms with Crippen molar-refractivity contribution in [1.29, 1.82) is 0 Å². The molecule has 1 aliphatic heterocycles. The summed E-state index contributed by atoms with van der Waals surface area (Å²) in [6.45, 7) is 6.27. The fourth-order valence-corrected chi connectivity index (χ4v) is 4.36. The molecule has 156 valence electrons. The van der Waals surface area contributed by atoms with Crippen LogP contribution in [0.15, 0.2) is 40.0 Å². The van der Waals surface area contributed by atoms with Gasteiger partial charge < -0.3 is 9.80 Å². The third-order valence-corrected chi connectivity index (χ3v) is 6.81. The van der Waals surface area contributed by atoms with Gasteiger partial charge in [0.15, 0.2) is 0 Å². The lowest BCUT2D eigenvalue weighted by Crippen LogP contribution is -2.49. The molecule has 1 amide bonds. The Labute approximate surface area is 179 Å². The minimum absolute atomic E-state index is 0.0656. The first-order valence-corrected chi connectivity index (χ1v) is 11.6. The second-order valence-electron chi connectivity index (χ2n) is 6.96. The number of sulfonamides is 1. The van der Waals surface area contributed by atoms with Crippen molar-refractivity contribution in [3.8, 4) is 0 Å². The van der Waals surface area contributed by atoms with Gasteiger partial charge in [-0.05, 0) is 53.0 Å². The first-order chi connectivity index (χ1) is 13.8. The maximum atomic E-state index is 12.4. The van der Waals surface area contributed by atoms with Gasteiger partial charge in [-0.25, -0.2) is 23.1 Å². The van der Waals surface area contributed by atoms with E-state index in [0.717, 1.165) is 15.6 Å². The number of piperazine rings is 1. The lowest BCUT2D eigenvalue weighted by Gasteiger charge is -2.34. The van der Waals surface area contributed by atoms with Crippen molar-refractivity contribution < 1.29 is 13.2 Å². The van der Waals surface area contributed by atoms with Gasteiger partial charge in [-0.2, -0.15) is 0 Å². The smallest absolute Gasteiger partial charge is 0.240 e. The zero-order valence-corrected chi connectivity index (χ0v) is 18.8. The van der Waals surface area contributed by atoms with Gasteiger partial charge >= 0.3 is 0 Å². The second-order valence-corrected chi connectivity index (χ2v) is 9.65. The predicted molar refractivity (Wildman–Crippen MR) is 114 cm³/mol. The highest BCUT2D eigenvalue weighted by Crippen LogP contribution is 2.15. The van der Waals surface area contributed by atoms with Crippen LogP contribution in [-0.2, 0) is 14.8 Å². The van der Waals surface area contributed by atoms with Gasteiger partial charge in [0.2, 0.25) is 21.9 Å². The fraction of sp³-hybridized carbons (Fsp3) is 0.421. The Morgan fingerprint density at radius 2 is 1.76 bits per heavy atom. The Bertz CT molecular complexity index is 974. The molecule has 2 aromatic rings. The standard InChI is InChI=1S/C19H24BrN5O3S/c1-14-3-4-17(11-15(14)2)29(27,28)23-6-5-18(26)24-7-9-25(10-8-24)19-21-12-16(20)13-22-19/h3-4,11-13,23H,5-10H2,1-2H3. The highest BCUT2D eigenvalue weighted by atomic mass is 79.9. The fourth-order valence-electron chi connectivity index (χ4n) is 3.04. The van der Waals surface area contributed by atoms with Gasteiger partial charge in [-0.3, -0.25) is 4.79 Å². The van der Waals surface area contributed by atoms with Crippen LogP contribution in [0.5, 0.6) is 0 Å². The van der Waals surface area contributed by atoms with Crippen LogP contribution >= 0.6 is 15.9 Å². The molecule has 0 spiro atoms. The number of carbonyl (C=O) groups is 1. The molecule has 10 heteroatoms. The lowest BCUT2D eigenvalue weighted by atomic mass is 10.1. The molecule has 29 heavy (non-hydrogen) atoms. The number of aromatic nitrogens is 2. The number of carbonyl (C=O) groups excluding carboxylic acids is 1. The zero-order chi connectivity index (χ0) is 21.0. The number of halogens is 1. The SMILES string of the molecule is Cc1ccc(S(=O)(=O)NCCC(=O)N2CCN(c3ncc(Br)cn3)CC2)cc1C. The van der Waals surface area contributed by atoms with Crippen LogP contribution in [0.25, 0.3) is 0 Å². The van der Waals surface area contributed by atoms with E-state index < -0.39 is 10.0 Å². The Balaban J connectivity index is 1.47. The third-order valence-electron chi connectivity index (χ3n) is 4.94. The van der Waals surface area contributed by atoms with E-state index in [1.165, 1.54) is 0 Å². The van der Waals surface area contributed by atoms with Gasteiger partial charge in [0, 0.05) is 51.5 Å². The molecule has 0 bridgehead atoms. The van der Waals surface area contributed by atoms with E-state index in [9.17, 15) is 13.2 Å². The summed E-state index contributed by atoms with van der Waals surface area (Å²) in [5, 5.41) is 0. The lowest BCUT2D eigenvalue weighted by molar-refractivity contribution is -0.131. The Morgan fingerprint density at radius 3 is 2.38 bits per heavy atom. The van der Waals surface area contributed by atoms with Crippen molar-refractivity contribution in [1.82, 2.24) is 19.6 Å². The molecule has 1 aromatic carbocycles. The minimum Gasteiger partial charge on any atom is -0.339 e. The zero-order valence-electron chi connectivity index (χ0n) is 16.4. The van der Waals surface area contributed by atoms with E-state index in [1.54, 1.807) is 35.5 Å². The van der Waals surface area contributed by atoms with Crippen LogP contribution in [0.3, 0.4) is 0 Å². The topological polar surface area (TPSA) is 95.5 Å². The largest absolute Gasteiger partial charge is 0.339 e. The number of aryl methyl sites for hydroxylation is 2. The van der Waals surface area contributed by atoms with Gasteiger partial charge in [-0.1, -0.05) is 6.07 Å². The van der Waals surface area contributed by atoms with Crippen LogP contribution in [0.4, 0.5) is 5.95 Å². The summed E-state index contributed by atoms with van der Waals surface area (Å²) in [4.78, 5) is 25.0. The number of benzene rings is 1. The van der Waals surface area contributed by atoms with E-state index in [4.69, 9.17) is 0 Å². The first-order valence-electron chi connectivity index (χ1n) is 9.33. The Kier molecular flexibility index (Phi) is 6.86. The quantitative estimate of drug-likeness (QED) is 0.676. The number of amides is 1. The molecular weight excluding hydrogens is 458 g/mol. The number of nitrogens with zero attached hydrogens (tertiary/aromatic N) is 4. The molecule has 1 aliphatic rings. The highest BCUT2D eigenvalue weighted by Gasteiger charge is 2.23. The molecular formula is C19H24BrN5O3S. The minimum atomic E-state index is -3.62. The molecule has 0 atom stereocenters. The van der Waals surface area contributed by atoms with Gasteiger partial charge in [-0.15, -0.1) is 0 Å². The first kappa shape index (κ1) is 21.7. The molecule has 1 fully saturated rings. The van der Waals surface area contributed by atoms with E-state index >= 15 is 0 Å². The van der Waals surface area contributed by atoms with E-state index in [-0.39, 0.29) is 23.8 Å². The Morgan fingerprint density at radius 1 is 1.10 bits per heavy atom. The van der Waals surface area contributed by atoms with Crippen molar-refractivity contribution in [2.24, 2.45) is 0 Å². The van der Waals surface area contributed by atoms with E-state index in [0.29, 0.717) is 32.1 Å².